The average molecular weight is 527 g/mol. The van der Waals surface area contributed by atoms with Crippen LogP contribution in [0.5, 0.6) is 17.2 Å². The number of anilines is 1. The Bertz CT molecular complexity index is 1490. The zero-order valence-corrected chi connectivity index (χ0v) is 21.4. The summed E-state index contributed by atoms with van der Waals surface area (Å²) in [5.41, 5.74) is 3.48. The Hall–Kier alpha value is -4.85. The molecule has 0 bridgehead atoms. The van der Waals surface area contributed by atoms with E-state index < -0.39 is 0 Å². The lowest BCUT2D eigenvalue weighted by molar-refractivity contribution is -0.120. The van der Waals surface area contributed by atoms with Crippen LogP contribution in [0.3, 0.4) is 0 Å². The SMILES string of the molecule is COc1cccc(C(=O)N(Cc2ccc(F)cc2)c2cccc(CC(=O)NCc3ccc4c(c3)OCO4)c2)c1. The van der Waals surface area contributed by atoms with Gasteiger partial charge in [-0.1, -0.05) is 36.4 Å². The Morgan fingerprint density at radius 3 is 2.46 bits per heavy atom. The van der Waals surface area contributed by atoms with E-state index >= 15 is 0 Å². The molecule has 5 rings (SSSR count). The first-order valence-electron chi connectivity index (χ1n) is 12.4. The Morgan fingerprint density at radius 1 is 0.872 bits per heavy atom. The highest BCUT2D eigenvalue weighted by molar-refractivity contribution is 6.06. The Balaban J connectivity index is 1.33. The Labute approximate surface area is 225 Å². The number of benzene rings is 4. The molecule has 0 atom stereocenters. The number of ether oxygens (including phenoxy) is 3. The molecule has 1 aliphatic rings. The lowest BCUT2D eigenvalue weighted by atomic mass is 10.1. The fraction of sp³-hybridized carbons (Fsp3) is 0.161. The molecule has 0 unspecified atom stereocenters. The van der Waals surface area contributed by atoms with E-state index in [1.807, 2.05) is 42.5 Å². The molecule has 1 N–H and O–H groups in total. The van der Waals surface area contributed by atoms with Gasteiger partial charge in [0.1, 0.15) is 11.6 Å². The molecule has 39 heavy (non-hydrogen) atoms. The van der Waals surface area contributed by atoms with Gasteiger partial charge in [0.2, 0.25) is 12.7 Å². The first-order chi connectivity index (χ1) is 19.0. The number of carbonyl (C=O) groups excluding carboxylic acids is 2. The van der Waals surface area contributed by atoms with E-state index in [2.05, 4.69) is 5.32 Å². The third-order valence-electron chi connectivity index (χ3n) is 6.33. The van der Waals surface area contributed by atoms with E-state index in [0.29, 0.717) is 35.0 Å². The third kappa shape index (κ3) is 6.35. The summed E-state index contributed by atoms with van der Waals surface area (Å²) in [6.45, 7) is 0.760. The number of nitrogens with one attached hydrogen (secondary N) is 1. The first-order valence-corrected chi connectivity index (χ1v) is 12.4. The first kappa shape index (κ1) is 25.8. The van der Waals surface area contributed by atoms with Crippen LogP contribution in [0.4, 0.5) is 10.1 Å². The number of hydrogen-bond donors (Lipinski definition) is 1. The standard InChI is InChI=1S/C31H27FN2O5/c1-37-27-7-3-5-24(17-27)31(36)34(19-21-8-11-25(32)12-9-21)26-6-2-4-22(14-26)16-30(35)33-18-23-10-13-28-29(15-23)39-20-38-28/h2-15,17H,16,18-20H2,1H3,(H,33,35). The van der Waals surface area contributed by atoms with Crippen LogP contribution in [-0.2, 0) is 24.3 Å². The highest BCUT2D eigenvalue weighted by atomic mass is 19.1. The smallest absolute Gasteiger partial charge is 0.258 e. The number of halogens is 1. The molecule has 0 saturated carbocycles. The van der Waals surface area contributed by atoms with Crippen molar-refractivity contribution in [3.05, 3.63) is 119 Å². The zero-order valence-electron chi connectivity index (χ0n) is 21.4. The van der Waals surface area contributed by atoms with Crippen LogP contribution >= 0.6 is 0 Å². The van der Waals surface area contributed by atoms with Crippen LogP contribution in [0, 0.1) is 5.82 Å². The Morgan fingerprint density at radius 2 is 1.64 bits per heavy atom. The minimum absolute atomic E-state index is 0.135. The van der Waals surface area contributed by atoms with Gasteiger partial charge in [-0.3, -0.25) is 9.59 Å². The second kappa shape index (κ2) is 11.7. The number of nitrogens with zero attached hydrogens (tertiary/aromatic N) is 1. The summed E-state index contributed by atoms with van der Waals surface area (Å²) in [6, 6.07) is 25.8. The van der Waals surface area contributed by atoms with Crippen LogP contribution < -0.4 is 24.4 Å². The quantitative estimate of drug-likeness (QED) is 0.322. The monoisotopic (exact) mass is 526 g/mol. The number of rotatable bonds is 9. The molecule has 1 heterocycles. The minimum atomic E-state index is -0.349. The van der Waals surface area contributed by atoms with Gasteiger partial charge in [0.25, 0.3) is 5.91 Å². The van der Waals surface area contributed by atoms with Gasteiger partial charge in [0, 0.05) is 17.8 Å². The number of methoxy groups -OCH3 is 1. The minimum Gasteiger partial charge on any atom is -0.497 e. The van der Waals surface area contributed by atoms with Gasteiger partial charge in [-0.2, -0.15) is 0 Å². The fourth-order valence-corrected chi connectivity index (χ4v) is 4.30. The molecule has 4 aromatic rings. The maximum atomic E-state index is 13.7. The van der Waals surface area contributed by atoms with Gasteiger partial charge in [-0.05, 0) is 71.3 Å². The van der Waals surface area contributed by atoms with Gasteiger partial charge in [-0.15, -0.1) is 0 Å². The molecule has 0 fully saturated rings. The summed E-state index contributed by atoms with van der Waals surface area (Å²) in [5, 5.41) is 2.93. The topological polar surface area (TPSA) is 77.1 Å². The Kier molecular flexibility index (Phi) is 7.73. The molecule has 0 saturated heterocycles. The fourth-order valence-electron chi connectivity index (χ4n) is 4.30. The van der Waals surface area contributed by atoms with E-state index in [9.17, 15) is 14.0 Å². The molecular formula is C31H27FN2O5. The van der Waals surface area contributed by atoms with Crippen molar-refractivity contribution in [1.29, 1.82) is 0 Å². The molecule has 8 heteroatoms. The van der Waals surface area contributed by atoms with Crippen molar-refractivity contribution < 1.29 is 28.2 Å². The normalized spacial score (nSPS) is 11.6. The maximum Gasteiger partial charge on any atom is 0.258 e. The van der Waals surface area contributed by atoms with Crippen LogP contribution in [0.1, 0.15) is 27.0 Å². The van der Waals surface area contributed by atoms with Crippen LogP contribution in [0.25, 0.3) is 0 Å². The average Bonchev–Trinajstić information content (AvgIpc) is 3.44. The van der Waals surface area contributed by atoms with E-state index in [1.165, 1.54) is 12.1 Å². The number of carbonyl (C=O) groups is 2. The van der Waals surface area contributed by atoms with Crippen molar-refractivity contribution in [3.63, 3.8) is 0 Å². The molecule has 4 aromatic carbocycles. The van der Waals surface area contributed by atoms with E-state index in [0.717, 1.165) is 16.7 Å². The summed E-state index contributed by atoms with van der Waals surface area (Å²) >= 11 is 0. The van der Waals surface area contributed by atoms with Crippen molar-refractivity contribution >= 4 is 17.5 Å². The molecule has 0 radical (unpaired) electrons. The van der Waals surface area contributed by atoms with Gasteiger partial charge >= 0.3 is 0 Å². The summed E-state index contributed by atoms with van der Waals surface area (Å²) in [5.74, 6) is 1.16. The van der Waals surface area contributed by atoms with Gasteiger partial charge in [0.15, 0.2) is 11.5 Å². The number of fused-ring (bicyclic) bond motifs is 1. The predicted molar refractivity (Wildman–Crippen MR) is 144 cm³/mol. The van der Waals surface area contributed by atoms with Crippen LogP contribution in [-0.4, -0.2) is 25.7 Å². The van der Waals surface area contributed by atoms with Crippen molar-refractivity contribution in [3.8, 4) is 17.2 Å². The van der Waals surface area contributed by atoms with E-state index in [4.69, 9.17) is 14.2 Å². The molecule has 0 aliphatic carbocycles. The molecule has 198 valence electrons. The number of amides is 2. The molecule has 0 aromatic heterocycles. The molecule has 2 amide bonds. The summed E-state index contributed by atoms with van der Waals surface area (Å²) in [7, 11) is 1.54. The van der Waals surface area contributed by atoms with E-state index in [1.54, 1.807) is 48.4 Å². The van der Waals surface area contributed by atoms with Crippen LogP contribution in [0.15, 0.2) is 91.0 Å². The van der Waals surface area contributed by atoms with Gasteiger partial charge in [0.05, 0.1) is 20.1 Å². The molecule has 0 spiro atoms. The predicted octanol–water partition coefficient (Wildman–Crippen LogP) is 5.27. The maximum absolute atomic E-state index is 13.7. The third-order valence-corrected chi connectivity index (χ3v) is 6.33. The molecule has 7 nitrogen and oxygen atoms in total. The van der Waals surface area contributed by atoms with Crippen molar-refractivity contribution in [2.75, 3.05) is 18.8 Å². The van der Waals surface area contributed by atoms with E-state index in [-0.39, 0.29) is 37.4 Å². The highest BCUT2D eigenvalue weighted by Crippen LogP contribution is 2.32. The van der Waals surface area contributed by atoms with Crippen LogP contribution in [0.2, 0.25) is 0 Å². The summed E-state index contributed by atoms with van der Waals surface area (Å²) in [6.07, 6.45) is 0.135. The lowest BCUT2D eigenvalue weighted by Crippen LogP contribution is -2.30. The summed E-state index contributed by atoms with van der Waals surface area (Å²) in [4.78, 5) is 28.0. The van der Waals surface area contributed by atoms with Crippen molar-refractivity contribution in [2.45, 2.75) is 19.5 Å². The lowest BCUT2D eigenvalue weighted by Gasteiger charge is -2.24. The molecule has 1 aliphatic heterocycles. The molecular weight excluding hydrogens is 499 g/mol. The zero-order chi connectivity index (χ0) is 27.2. The second-order valence-electron chi connectivity index (χ2n) is 9.06. The number of hydrogen-bond acceptors (Lipinski definition) is 5. The summed E-state index contributed by atoms with van der Waals surface area (Å²) < 4.78 is 29.5. The van der Waals surface area contributed by atoms with Gasteiger partial charge < -0.3 is 24.4 Å². The van der Waals surface area contributed by atoms with Crippen molar-refractivity contribution in [2.24, 2.45) is 0 Å². The second-order valence-corrected chi connectivity index (χ2v) is 9.06. The van der Waals surface area contributed by atoms with Crippen molar-refractivity contribution in [1.82, 2.24) is 5.32 Å². The van der Waals surface area contributed by atoms with Gasteiger partial charge in [-0.25, -0.2) is 4.39 Å². The largest absolute Gasteiger partial charge is 0.497 e. The highest BCUT2D eigenvalue weighted by Gasteiger charge is 2.20.